The fraction of sp³-hybridized carbons (Fsp3) is 0.158. The van der Waals surface area contributed by atoms with Gasteiger partial charge in [0.15, 0.2) is 0 Å². The Morgan fingerprint density at radius 1 is 1.00 bits per heavy atom. The Balaban J connectivity index is 1.73. The Morgan fingerprint density at radius 3 is 2.54 bits per heavy atom. The van der Waals surface area contributed by atoms with Crippen LogP contribution < -0.4 is 16.0 Å². The zero-order chi connectivity index (χ0) is 17.2. The lowest BCUT2D eigenvalue weighted by Gasteiger charge is -2.08. The van der Waals surface area contributed by atoms with Gasteiger partial charge in [-0.1, -0.05) is 54.6 Å². The second-order valence-corrected chi connectivity index (χ2v) is 5.26. The van der Waals surface area contributed by atoms with E-state index in [1.807, 2.05) is 60.7 Å². The van der Waals surface area contributed by atoms with E-state index in [1.54, 1.807) is 6.07 Å². The largest absolute Gasteiger partial charge is 0.335 e. The Kier molecular flexibility index (Phi) is 6.58. The summed E-state index contributed by atoms with van der Waals surface area (Å²) in [4.78, 5) is 22.8. The molecule has 5 heteroatoms. The van der Waals surface area contributed by atoms with E-state index in [0.717, 1.165) is 11.1 Å². The fourth-order valence-corrected chi connectivity index (χ4v) is 2.12. The zero-order valence-corrected chi connectivity index (χ0v) is 13.6. The number of amides is 3. The lowest BCUT2D eigenvalue weighted by atomic mass is 10.2. The van der Waals surface area contributed by atoms with E-state index in [2.05, 4.69) is 16.0 Å². The first-order valence-electron chi connectivity index (χ1n) is 7.73. The van der Waals surface area contributed by atoms with Gasteiger partial charge in [0.05, 0.1) is 0 Å². The molecule has 0 saturated heterocycles. The molecular weight excluding hydrogens is 302 g/mol. The van der Waals surface area contributed by atoms with Crippen molar-refractivity contribution in [3.05, 3.63) is 71.8 Å². The normalized spacial score (nSPS) is 10.4. The van der Waals surface area contributed by atoms with Gasteiger partial charge in [0.2, 0.25) is 5.91 Å². The van der Waals surface area contributed by atoms with Crippen LogP contribution in [0.3, 0.4) is 0 Å². The van der Waals surface area contributed by atoms with Crippen LogP contribution in [-0.2, 0) is 11.3 Å². The summed E-state index contributed by atoms with van der Waals surface area (Å²) in [6.07, 6.45) is 3.85. The maximum Gasteiger partial charge on any atom is 0.315 e. The number of carbonyl (C=O) groups excluding carboxylic acids is 2. The van der Waals surface area contributed by atoms with E-state index < -0.39 is 0 Å². The minimum absolute atomic E-state index is 0.122. The molecule has 0 aliphatic rings. The van der Waals surface area contributed by atoms with Crippen LogP contribution in [0.15, 0.2) is 60.7 Å². The van der Waals surface area contributed by atoms with Crippen molar-refractivity contribution >= 4 is 23.7 Å². The molecule has 5 nitrogen and oxygen atoms in total. The lowest BCUT2D eigenvalue weighted by molar-refractivity contribution is -0.114. The van der Waals surface area contributed by atoms with Gasteiger partial charge in [-0.05, 0) is 23.3 Å². The monoisotopic (exact) mass is 323 g/mol. The molecule has 2 aromatic rings. The number of nitrogens with one attached hydrogen (secondary N) is 3. The predicted molar refractivity (Wildman–Crippen MR) is 96.5 cm³/mol. The third-order valence-corrected chi connectivity index (χ3v) is 3.19. The smallest absolute Gasteiger partial charge is 0.315 e. The van der Waals surface area contributed by atoms with Crippen molar-refractivity contribution in [2.75, 3.05) is 11.9 Å². The molecular formula is C19H21N3O2. The van der Waals surface area contributed by atoms with Crippen LogP contribution in [0.25, 0.3) is 6.08 Å². The quantitative estimate of drug-likeness (QED) is 0.764. The van der Waals surface area contributed by atoms with Crippen molar-refractivity contribution in [3.8, 4) is 0 Å². The molecule has 0 aliphatic carbocycles. The summed E-state index contributed by atoms with van der Waals surface area (Å²) >= 11 is 0. The third-order valence-electron chi connectivity index (χ3n) is 3.19. The highest BCUT2D eigenvalue weighted by molar-refractivity contribution is 5.88. The number of rotatable bonds is 6. The number of benzene rings is 2. The van der Waals surface area contributed by atoms with Crippen molar-refractivity contribution in [1.82, 2.24) is 10.6 Å². The molecule has 0 atom stereocenters. The van der Waals surface area contributed by atoms with Crippen LogP contribution in [0.2, 0.25) is 0 Å². The van der Waals surface area contributed by atoms with Crippen molar-refractivity contribution in [3.63, 3.8) is 0 Å². The number of urea groups is 1. The van der Waals surface area contributed by atoms with Crippen molar-refractivity contribution in [2.24, 2.45) is 0 Å². The molecule has 2 aromatic carbocycles. The third kappa shape index (κ3) is 6.36. The summed E-state index contributed by atoms with van der Waals surface area (Å²) in [6.45, 7) is 2.30. The van der Waals surface area contributed by atoms with Gasteiger partial charge in [-0.3, -0.25) is 4.79 Å². The average molecular weight is 323 g/mol. The van der Waals surface area contributed by atoms with Gasteiger partial charge in [-0.2, -0.15) is 0 Å². The molecule has 0 saturated carbocycles. The van der Waals surface area contributed by atoms with Gasteiger partial charge < -0.3 is 16.0 Å². The topological polar surface area (TPSA) is 70.2 Å². The summed E-state index contributed by atoms with van der Waals surface area (Å²) in [5.74, 6) is -0.122. The summed E-state index contributed by atoms with van der Waals surface area (Å²) in [6, 6.07) is 17.0. The van der Waals surface area contributed by atoms with E-state index in [9.17, 15) is 9.59 Å². The molecule has 124 valence electrons. The molecule has 0 fully saturated rings. The molecule has 0 heterocycles. The molecule has 3 amide bonds. The highest BCUT2D eigenvalue weighted by Crippen LogP contribution is 2.10. The highest BCUT2D eigenvalue weighted by Gasteiger charge is 2.01. The van der Waals surface area contributed by atoms with Gasteiger partial charge in [0.25, 0.3) is 0 Å². The van der Waals surface area contributed by atoms with Gasteiger partial charge in [-0.15, -0.1) is 0 Å². The maximum atomic E-state index is 11.8. The molecule has 0 radical (unpaired) electrons. The molecule has 0 unspecified atom stereocenters. The molecule has 0 spiro atoms. The Hall–Kier alpha value is -3.08. The summed E-state index contributed by atoms with van der Waals surface area (Å²) in [5.41, 5.74) is 2.72. The van der Waals surface area contributed by atoms with Crippen LogP contribution >= 0.6 is 0 Å². The Morgan fingerprint density at radius 2 is 1.79 bits per heavy atom. The lowest BCUT2D eigenvalue weighted by Crippen LogP contribution is -2.35. The summed E-state index contributed by atoms with van der Waals surface area (Å²) in [5, 5.41) is 8.26. The zero-order valence-electron chi connectivity index (χ0n) is 13.6. The second-order valence-electron chi connectivity index (χ2n) is 5.26. The van der Waals surface area contributed by atoms with Crippen LogP contribution in [0, 0.1) is 0 Å². The molecule has 3 N–H and O–H groups in total. The number of hydrogen-bond acceptors (Lipinski definition) is 2. The standard InChI is InChI=1S/C19H21N3O2/c1-15(23)22-18-11-5-9-17(13-18)14-21-19(24)20-12-6-10-16-7-3-2-4-8-16/h2-11,13H,12,14H2,1H3,(H,22,23)(H2,20,21,24). The Bertz CT molecular complexity index is 712. The van der Waals surface area contributed by atoms with Gasteiger partial charge in [-0.25, -0.2) is 4.79 Å². The van der Waals surface area contributed by atoms with E-state index in [1.165, 1.54) is 6.92 Å². The van der Waals surface area contributed by atoms with Crippen LogP contribution in [0.1, 0.15) is 18.1 Å². The number of anilines is 1. The van der Waals surface area contributed by atoms with Crippen LogP contribution in [0.4, 0.5) is 10.5 Å². The van der Waals surface area contributed by atoms with E-state index in [4.69, 9.17) is 0 Å². The molecule has 0 bridgehead atoms. The first-order valence-corrected chi connectivity index (χ1v) is 7.73. The van der Waals surface area contributed by atoms with E-state index >= 15 is 0 Å². The number of hydrogen-bond donors (Lipinski definition) is 3. The molecule has 2 rings (SSSR count). The molecule has 0 aliphatic heterocycles. The fourth-order valence-electron chi connectivity index (χ4n) is 2.12. The number of carbonyl (C=O) groups is 2. The summed E-state index contributed by atoms with van der Waals surface area (Å²) < 4.78 is 0. The predicted octanol–water partition coefficient (Wildman–Crippen LogP) is 3.16. The highest BCUT2D eigenvalue weighted by atomic mass is 16.2. The SMILES string of the molecule is CC(=O)Nc1cccc(CNC(=O)NCC=Cc2ccccc2)c1. The van der Waals surface area contributed by atoms with Gasteiger partial charge in [0, 0.05) is 25.7 Å². The van der Waals surface area contributed by atoms with E-state index in [-0.39, 0.29) is 11.9 Å². The minimum atomic E-state index is -0.238. The molecule has 0 aromatic heterocycles. The van der Waals surface area contributed by atoms with Crippen molar-refractivity contribution < 1.29 is 9.59 Å². The van der Waals surface area contributed by atoms with E-state index in [0.29, 0.717) is 18.8 Å². The Labute approximate surface area is 141 Å². The minimum Gasteiger partial charge on any atom is -0.335 e. The van der Waals surface area contributed by atoms with Crippen molar-refractivity contribution in [2.45, 2.75) is 13.5 Å². The average Bonchev–Trinajstić information content (AvgIpc) is 2.58. The first-order chi connectivity index (χ1) is 11.6. The van der Waals surface area contributed by atoms with Crippen LogP contribution in [0.5, 0.6) is 0 Å². The van der Waals surface area contributed by atoms with Crippen LogP contribution in [-0.4, -0.2) is 18.5 Å². The maximum absolute atomic E-state index is 11.8. The first kappa shape index (κ1) is 17.3. The van der Waals surface area contributed by atoms with Gasteiger partial charge in [0.1, 0.15) is 0 Å². The summed E-state index contributed by atoms with van der Waals surface area (Å²) in [7, 11) is 0. The van der Waals surface area contributed by atoms with Crippen molar-refractivity contribution in [1.29, 1.82) is 0 Å². The van der Waals surface area contributed by atoms with Gasteiger partial charge >= 0.3 is 6.03 Å². The second kappa shape index (κ2) is 9.15. The molecule has 24 heavy (non-hydrogen) atoms.